The Labute approximate surface area is 118 Å². The molecule has 20 heavy (non-hydrogen) atoms. The summed E-state index contributed by atoms with van der Waals surface area (Å²) in [4.78, 5) is -0.0711. The van der Waals surface area contributed by atoms with E-state index >= 15 is 0 Å². The van der Waals surface area contributed by atoms with Crippen LogP contribution in [0, 0.1) is 11.7 Å². The molecule has 0 bridgehead atoms. The summed E-state index contributed by atoms with van der Waals surface area (Å²) in [7, 11) is -2.36. The average molecular weight is 303 g/mol. The predicted molar refractivity (Wildman–Crippen MR) is 71.5 cm³/mol. The molecule has 1 fully saturated rings. The third kappa shape index (κ3) is 2.94. The van der Waals surface area contributed by atoms with Gasteiger partial charge in [-0.05, 0) is 37.0 Å². The number of aliphatic hydroxyl groups excluding tert-OH is 1. The number of methoxy groups -OCH3 is 1. The molecule has 5 nitrogen and oxygen atoms in total. The summed E-state index contributed by atoms with van der Waals surface area (Å²) in [6, 6.07) is 3.63. The van der Waals surface area contributed by atoms with Gasteiger partial charge in [0, 0.05) is 19.7 Å². The fourth-order valence-corrected chi connectivity index (χ4v) is 3.77. The Bertz CT molecular complexity index is 568. The van der Waals surface area contributed by atoms with E-state index in [1.165, 1.54) is 23.5 Å². The molecule has 1 aromatic carbocycles. The molecule has 1 saturated heterocycles. The van der Waals surface area contributed by atoms with Gasteiger partial charge in [-0.15, -0.1) is 0 Å². The van der Waals surface area contributed by atoms with E-state index in [4.69, 9.17) is 9.84 Å². The summed E-state index contributed by atoms with van der Waals surface area (Å²) in [6.07, 6.45) is 1.24. The molecular formula is C13H18FNO4S. The minimum absolute atomic E-state index is 0.0166. The highest BCUT2D eigenvalue weighted by Gasteiger charge is 2.29. The van der Waals surface area contributed by atoms with Gasteiger partial charge in [-0.3, -0.25) is 0 Å². The molecule has 0 aliphatic carbocycles. The quantitative estimate of drug-likeness (QED) is 0.908. The molecule has 0 aromatic heterocycles. The van der Waals surface area contributed by atoms with E-state index < -0.39 is 15.8 Å². The largest absolute Gasteiger partial charge is 0.494 e. The van der Waals surface area contributed by atoms with Gasteiger partial charge in [-0.25, -0.2) is 12.8 Å². The van der Waals surface area contributed by atoms with Crippen molar-refractivity contribution in [2.24, 2.45) is 5.92 Å². The Morgan fingerprint density at radius 3 is 2.55 bits per heavy atom. The SMILES string of the molecule is COc1ccc(S(=O)(=O)N2CCC(CO)CC2)cc1F. The number of hydrogen-bond donors (Lipinski definition) is 1. The third-order valence-corrected chi connectivity index (χ3v) is 5.49. The Kier molecular flexibility index (Phi) is 4.62. The first-order valence-electron chi connectivity index (χ1n) is 6.43. The van der Waals surface area contributed by atoms with Crippen LogP contribution in [-0.4, -0.2) is 44.6 Å². The zero-order valence-electron chi connectivity index (χ0n) is 11.3. The molecule has 1 aromatic rings. The highest BCUT2D eigenvalue weighted by atomic mass is 32.2. The number of halogens is 1. The van der Waals surface area contributed by atoms with E-state index in [1.807, 2.05) is 0 Å². The molecule has 1 N–H and O–H groups in total. The van der Waals surface area contributed by atoms with Gasteiger partial charge in [-0.1, -0.05) is 0 Å². The number of nitrogens with zero attached hydrogens (tertiary/aromatic N) is 1. The maximum Gasteiger partial charge on any atom is 0.243 e. The van der Waals surface area contributed by atoms with Crippen LogP contribution in [0.3, 0.4) is 0 Å². The van der Waals surface area contributed by atoms with Crippen LogP contribution in [0.2, 0.25) is 0 Å². The zero-order chi connectivity index (χ0) is 14.8. The Hall–Kier alpha value is -1.18. The first-order chi connectivity index (χ1) is 9.48. The number of sulfonamides is 1. The van der Waals surface area contributed by atoms with Crippen molar-refractivity contribution in [1.82, 2.24) is 4.31 Å². The lowest BCUT2D eigenvalue weighted by Gasteiger charge is -2.30. The van der Waals surface area contributed by atoms with Crippen LogP contribution in [0.15, 0.2) is 23.1 Å². The topological polar surface area (TPSA) is 66.8 Å². The van der Waals surface area contributed by atoms with Crippen molar-refractivity contribution in [3.05, 3.63) is 24.0 Å². The molecule has 1 aliphatic heterocycles. The Morgan fingerprint density at radius 2 is 2.05 bits per heavy atom. The highest BCUT2D eigenvalue weighted by Crippen LogP contribution is 2.26. The van der Waals surface area contributed by atoms with Crippen LogP contribution in [0.4, 0.5) is 4.39 Å². The van der Waals surface area contributed by atoms with E-state index in [2.05, 4.69) is 0 Å². The molecule has 112 valence electrons. The first kappa shape index (κ1) is 15.2. The molecule has 0 saturated carbocycles. The monoisotopic (exact) mass is 303 g/mol. The van der Waals surface area contributed by atoms with Crippen molar-refractivity contribution < 1.29 is 22.7 Å². The average Bonchev–Trinajstić information content (AvgIpc) is 2.47. The number of hydrogen-bond acceptors (Lipinski definition) is 4. The highest BCUT2D eigenvalue weighted by molar-refractivity contribution is 7.89. The first-order valence-corrected chi connectivity index (χ1v) is 7.87. The maximum absolute atomic E-state index is 13.6. The van der Waals surface area contributed by atoms with Crippen LogP contribution in [0.1, 0.15) is 12.8 Å². The minimum atomic E-state index is -3.69. The molecular weight excluding hydrogens is 285 g/mol. The van der Waals surface area contributed by atoms with Crippen molar-refractivity contribution in [3.8, 4) is 5.75 Å². The molecule has 0 atom stereocenters. The lowest BCUT2D eigenvalue weighted by Crippen LogP contribution is -2.39. The van der Waals surface area contributed by atoms with Crippen molar-refractivity contribution in [2.75, 3.05) is 26.8 Å². The normalized spacial score (nSPS) is 18.1. The van der Waals surface area contributed by atoms with E-state index in [-0.39, 0.29) is 23.2 Å². The number of aliphatic hydroxyl groups is 1. The number of ether oxygens (including phenoxy) is 1. The van der Waals surface area contributed by atoms with Crippen LogP contribution in [0.25, 0.3) is 0 Å². The summed E-state index contributed by atoms with van der Waals surface area (Å²) in [5, 5.41) is 9.06. The fraction of sp³-hybridized carbons (Fsp3) is 0.538. The molecule has 0 spiro atoms. The van der Waals surface area contributed by atoms with Gasteiger partial charge in [0.2, 0.25) is 10.0 Å². The van der Waals surface area contributed by atoms with Gasteiger partial charge in [-0.2, -0.15) is 4.31 Å². The van der Waals surface area contributed by atoms with E-state index in [0.29, 0.717) is 25.9 Å². The van der Waals surface area contributed by atoms with Gasteiger partial charge in [0.05, 0.1) is 12.0 Å². The molecule has 0 amide bonds. The second-order valence-corrected chi connectivity index (χ2v) is 6.76. The lowest BCUT2D eigenvalue weighted by molar-refractivity contribution is 0.170. The number of piperidine rings is 1. The summed E-state index contributed by atoms with van der Waals surface area (Å²) in [5.41, 5.74) is 0. The summed E-state index contributed by atoms with van der Waals surface area (Å²) < 4.78 is 44.5. The van der Waals surface area contributed by atoms with Gasteiger partial charge >= 0.3 is 0 Å². The Balaban J connectivity index is 2.20. The predicted octanol–water partition coefficient (Wildman–Crippen LogP) is 1.23. The summed E-state index contributed by atoms with van der Waals surface area (Å²) in [6.45, 7) is 0.771. The third-order valence-electron chi connectivity index (χ3n) is 3.59. The van der Waals surface area contributed by atoms with Crippen LogP contribution in [-0.2, 0) is 10.0 Å². The molecule has 7 heteroatoms. The zero-order valence-corrected chi connectivity index (χ0v) is 12.1. The Morgan fingerprint density at radius 1 is 1.40 bits per heavy atom. The van der Waals surface area contributed by atoms with Gasteiger partial charge in [0.25, 0.3) is 0 Å². The van der Waals surface area contributed by atoms with Crippen molar-refractivity contribution in [1.29, 1.82) is 0 Å². The number of rotatable bonds is 4. The van der Waals surface area contributed by atoms with E-state index in [9.17, 15) is 12.8 Å². The molecule has 2 rings (SSSR count). The number of benzene rings is 1. The molecule has 1 heterocycles. The van der Waals surface area contributed by atoms with Gasteiger partial charge < -0.3 is 9.84 Å². The van der Waals surface area contributed by atoms with Crippen LogP contribution >= 0.6 is 0 Å². The maximum atomic E-state index is 13.6. The van der Waals surface area contributed by atoms with Crippen molar-refractivity contribution >= 4 is 10.0 Å². The van der Waals surface area contributed by atoms with Crippen molar-refractivity contribution in [2.45, 2.75) is 17.7 Å². The lowest BCUT2D eigenvalue weighted by atomic mass is 10.00. The fourth-order valence-electron chi connectivity index (χ4n) is 2.29. The molecule has 0 radical (unpaired) electrons. The molecule has 1 aliphatic rings. The molecule has 0 unspecified atom stereocenters. The van der Waals surface area contributed by atoms with Crippen LogP contribution < -0.4 is 4.74 Å². The second-order valence-electron chi connectivity index (χ2n) is 4.83. The minimum Gasteiger partial charge on any atom is -0.494 e. The van der Waals surface area contributed by atoms with E-state index in [1.54, 1.807) is 0 Å². The second kappa shape index (κ2) is 6.07. The standard InChI is InChI=1S/C13H18FNO4S/c1-19-13-3-2-11(8-12(13)14)20(17,18)15-6-4-10(9-16)5-7-15/h2-3,8,10,16H,4-7,9H2,1H3. The van der Waals surface area contributed by atoms with Crippen molar-refractivity contribution in [3.63, 3.8) is 0 Å². The smallest absolute Gasteiger partial charge is 0.243 e. The van der Waals surface area contributed by atoms with Gasteiger partial charge in [0.1, 0.15) is 0 Å². The summed E-state index contributed by atoms with van der Waals surface area (Å²) >= 11 is 0. The van der Waals surface area contributed by atoms with E-state index in [0.717, 1.165) is 6.07 Å². The van der Waals surface area contributed by atoms with Crippen LogP contribution in [0.5, 0.6) is 5.75 Å². The van der Waals surface area contributed by atoms with Gasteiger partial charge in [0.15, 0.2) is 11.6 Å². The summed E-state index contributed by atoms with van der Waals surface area (Å²) in [5.74, 6) is -0.532.